The van der Waals surface area contributed by atoms with Crippen LogP contribution in [-0.2, 0) is 4.79 Å². The maximum Gasteiger partial charge on any atom is 0.155 e. The van der Waals surface area contributed by atoms with Gasteiger partial charge in [-0.2, -0.15) is 0 Å². The monoisotopic (exact) mass is 526 g/mol. The summed E-state index contributed by atoms with van der Waals surface area (Å²) in [5.41, 5.74) is 3.70. The Morgan fingerprint density at radius 1 is 0.658 bits per heavy atom. The zero-order valence-electron chi connectivity index (χ0n) is 23.5. The molecule has 0 N–H and O–H groups in total. The van der Waals surface area contributed by atoms with E-state index < -0.39 is 0 Å². The molecule has 1 aromatic heterocycles. The van der Waals surface area contributed by atoms with Crippen LogP contribution in [0.5, 0.6) is 0 Å². The second kappa shape index (κ2) is 15.8. The van der Waals surface area contributed by atoms with Gasteiger partial charge in [0.15, 0.2) is 5.78 Å². The van der Waals surface area contributed by atoms with Gasteiger partial charge in [0.05, 0.1) is 0 Å². The van der Waals surface area contributed by atoms with Gasteiger partial charge in [0.25, 0.3) is 0 Å². The van der Waals surface area contributed by atoms with E-state index in [1.54, 1.807) is 0 Å². The first-order chi connectivity index (χ1) is 18.8. The average molecular weight is 527 g/mol. The van der Waals surface area contributed by atoms with E-state index in [1.165, 1.54) is 127 Å². The van der Waals surface area contributed by atoms with Crippen LogP contribution in [0.25, 0.3) is 37.4 Å². The number of unbranched alkanes of at least 4 members (excludes halogenated alkanes) is 14. The fourth-order valence-electron chi connectivity index (χ4n) is 5.72. The van der Waals surface area contributed by atoms with Crippen LogP contribution in [0.4, 0.5) is 0 Å². The highest BCUT2D eigenvalue weighted by Crippen LogP contribution is 2.47. The fraction of sp³-hybridized carbons (Fsp3) is 0.472. The fourth-order valence-corrected chi connectivity index (χ4v) is 6.98. The number of benzene rings is 1. The summed E-state index contributed by atoms with van der Waals surface area (Å²) in [6, 6.07) is 19.3. The Bertz CT molecular complexity index is 1260. The van der Waals surface area contributed by atoms with Gasteiger partial charge in [0.2, 0.25) is 0 Å². The standard InChI is InChI=1S/C36H46OS/c1-2-3-4-5-6-7-8-9-10-11-12-13-14-15-17-22-29(37)27-28-31-30-23-18-16-19-24-32(30)36-35(31)33-25-20-21-26-34(33)38-36/h16,18-21,23-28H,2-15,17,22H2,1H3/b28-27+. The molecule has 0 bridgehead atoms. The molecular weight excluding hydrogens is 480 g/mol. The van der Waals surface area contributed by atoms with Gasteiger partial charge in [-0.1, -0.05) is 151 Å². The highest BCUT2D eigenvalue weighted by Gasteiger charge is 2.19. The van der Waals surface area contributed by atoms with Crippen molar-refractivity contribution in [2.45, 2.75) is 110 Å². The third-order valence-electron chi connectivity index (χ3n) is 7.90. The SMILES string of the molecule is CCCCCCCCCCCCCCCCCC(=O)/C=C/c1c2cccccc-2c2sc3ccccc3c12. The van der Waals surface area contributed by atoms with Crippen molar-refractivity contribution >= 4 is 43.4 Å². The molecule has 202 valence electrons. The molecule has 0 unspecified atom stereocenters. The summed E-state index contributed by atoms with van der Waals surface area (Å²) in [6.45, 7) is 2.29. The van der Waals surface area contributed by atoms with Gasteiger partial charge in [-0.05, 0) is 29.7 Å². The molecule has 0 spiro atoms. The molecule has 0 fully saturated rings. The molecule has 0 atom stereocenters. The van der Waals surface area contributed by atoms with Crippen LogP contribution in [-0.4, -0.2) is 5.78 Å². The number of carbonyl (C=O) groups is 1. The molecule has 2 aliphatic carbocycles. The van der Waals surface area contributed by atoms with E-state index in [9.17, 15) is 4.79 Å². The third-order valence-corrected chi connectivity index (χ3v) is 9.10. The number of thiophene rings is 1. The summed E-state index contributed by atoms with van der Waals surface area (Å²) < 4.78 is 2.64. The first-order valence-corrected chi connectivity index (χ1v) is 16.1. The van der Waals surface area contributed by atoms with Gasteiger partial charge in [-0.3, -0.25) is 4.79 Å². The molecule has 0 aliphatic heterocycles. The van der Waals surface area contributed by atoms with Crippen molar-refractivity contribution in [2.24, 2.45) is 0 Å². The van der Waals surface area contributed by atoms with E-state index in [1.807, 2.05) is 17.4 Å². The Kier molecular flexibility index (Phi) is 11.9. The van der Waals surface area contributed by atoms with Crippen molar-refractivity contribution in [2.75, 3.05) is 0 Å². The number of rotatable bonds is 18. The summed E-state index contributed by atoms with van der Waals surface area (Å²) >= 11 is 1.86. The molecule has 0 amide bonds. The molecule has 2 aromatic rings. The van der Waals surface area contributed by atoms with Crippen LogP contribution in [0, 0.1) is 0 Å². The van der Waals surface area contributed by atoms with Crippen LogP contribution >= 0.6 is 11.3 Å². The molecule has 2 heteroatoms. The number of hydrogen-bond donors (Lipinski definition) is 0. The number of allylic oxidation sites excluding steroid dienone is 1. The van der Waals surface area contributed by atoms with Gasteiger partial charge < -0.3 is 0 Å². The summed E-state index contributed by atoms with van der Waals surface area (Å²) in [5.74, 6) is 0.252. The average Bonchev–Trinajstić information content (AvgIpc) is 3.32. The minimum absolute atomic E-state index is 0.252. The molecule has 2 aliphatic rings. The van der Waals surface area contributed by atoms with E-state index in [0.717, 1.165) is 6.42 Å². The van der Waals surface area contributed by atoms with Crippen LogP contribution in [0.1, 0.15) is 115 Å². The van der Waals surface area contributed by atoms with E-state index in [-0.39, 0.29) is 5.78 Å². The van der Waals surface area contributed by atoms with Crippen LogP contribution in [0.15, 0.2) is 60.7 Å². The highest BCUT2D eigenvalue weighted by molar-refractivity contribution is 7.26. The van der Waals surface area contributed by atoms with Crippen LogP contribution in [0.3, 0.4) is 0 Å². The van der Waals surface area contributed by atoms with Gasteiger partial charge in [-0.15, -0.1) is 11.3 Å². The third kappa shape index (κ3) is 8.03. The molecule has 1 aromatic carbocycles. The normalized spacial score (nSPS) is 11.9. The molecule has 0 saturated heterocycles. The predicted octanol–water partition coefficient (Wildman–Crippen LogP) is 12.0. The lowest BCUT2D eigenvalue weighted by Gasteiger charge is -2.03. The first kappa shape index (κ1) is 28.6. The minimum atomic E-state index is 0.252. The Hall–Kier alpha value is -2.45. The smallest absolute Gasteiger partial charge is 0.155 e. The molecule has 0 radical (unpaired) electrons. The van der Waals surface area contributed by atoms with E-state index in [0.29, 0.717) is 6.42 Å². The van der Waals surface area contributed by atoms with Gasteiger partial charge >= 0.3 is 0 Å². The van der Waals surface area contributed by atoms with Crippen molar-refractivity contribution in [3.05, 3.63) is 66.2 Å². The van der Waals surface area contributed by atoms with Crippen molar-refractivity contribution in [1.82, 2.24) is 0 Å². The predicted molar refractivity (Wildman–Crippen MR) is 170 cm³/mol. The van der Waals surface area contributed by atoms with Gasteiger partial charge in [-0.25, -0.2) is 0 Å². The van der Waals surface area contributed by atoms with Crippen molar-refractivity contribution in [3.63, 3.8) is 0 Å². The Balaban J connectivity index is 1.16. The molecule has 4 rings (SSSR count). The van der Waals surface area contributed by atoms with E-state index >= 15 is 0 Å². The molecule has 0 saturated carbocycles. The number of fused-ring (bicyclic) bond motifs is 5. The summed E-state index contributed by atoms with van der Waals surface area (Å²) in [6.07, 6.45) is 24.8. The summed E-state index contributed by atoms with van der Waals surface area (Å²) in [4.78, 5) is 12.7. The maximum atomic E-state index is 12.7. The summed E-state index contributed by atoms with van der Waals surface area (Å²) in [5, 5.41) is 2.59. The lowest BCUT2D eigenvalue weighted by molar-refractivity contribution is -0.114. The number of ketones is 1. The lowest BCUT2D eigenvalue weighted by atomic mass is 10.0. The number of hydrogen-bond acceptors (Lipinski definition) is 2. The zero-order valence-corrected chi connectivity index (χ0v) is 24.3. The Labute approximate surface area is 234 Å². The van der Waals surface area contributed by atoms with Gasteiger partial charge in [0, 0.05) is 32.2 Å². The summed E-state index contributed by atoms with van der Waals surface area (Å²) in [7, 11) is 0. The molecule has 1 heterocycles. The van der Waals surface area contributed by atoms with Crippen LogP contribution in [0.2, 0.25) is 0 Å². The minimum Gasteiger partial charge on any atom is -0.295 e. The molecule has 38 heavy (non-hydrogen) atoms. The van der Waals surface area contributed by atoms with Crippen molar-refractivity contribution in [1.29, 1.82) is 0 Å². The Morgan fingerprint density at radius 2 is 1.21 bits per heavy atom. The van der Waals surface area contributed by atoms with Crippen molar-refractivity contribution in [3.8, 4) is 11.1 Å². The number of carbonyl (C=O) groups excluding carboxylic acids is 1. The Morgan fingerprint density at radius 3 is 1.87 bits per heavy atom. The second-order valence-electron chi connectivity index (χ2n) is 11.0. The topological polar surface area (TPSA) is 17.1 Å². The van der Waals surface area contributed by atoms with Crippen LogP contribution < -0.4 is 0 Å². The van der Waals surface area contributed by atoms with Gasteiger partial charge in [0.1, 0.15) is 0 Å². The van der Waals surface area contributed by atoms with E-state index in [4.69, 9.17) is 0 Å². The maximum absolute atomic E-state index is 12.7. The zero-order chi connectivity index (χ0) is 26.4. The first-order valence-electron chi connectivity index (χ1n) is 15.3. The largest absolute Gasteiger partial charge is 0.295 e. The van der Waals surface area contributed by atoms with E-state index in [2.05, 4.69) is 67.6 Å². The highest BCUT2D eigenvalue weighted by atomic mass is 32.1. The second-order valence-corrected chi connectivity index (χ2v) is 12.0. The lowest BCUT2D eigenvalue weighted by Crippen LogP contribution is -1.92. The molecular formula is C36H46OS. The molecule has 1 nitrogen and oxygen atoms in total. The van der Waals surface area contributed by atoms with Crippen molar-refractivity contribution < 1.29 is 4.79 Å². The quantitative estimate of drug-likeness (QED) is 0.0930.